The number of nitrogens with zero attached hydrogens (tertiary/aromatic N) is 1. The molecule has 0 bridgehead atoms. The van der Waals surface area contributed by atoms with Crippen LogP contribution in [-0.2, 0) is 5.92 Å². The number of hydrogen-bond acceptors (Lipinski definition) is 2. The summed E-state index contributed by atoms with van der Waals surface area (Å²) in [5.74, 6) is -2.88. The maximum atomic E-state index is 14.0. The predicted octanol–water partition coefficient (Wildman–Crippen LogP) is 3.31. The van der Waals surface area contributed by atoms with Crippen molar-refractivity contribution in [2.24, 2.45) is 0 Å². The summed E-state index contributed by atoms with van der Waals surface area (Å²) in [6, 6.07) is 5.68. The molecule has 1 aliphatic rings. The summed E-state index contributed by atoms with van der Waals surface area (Å²) in [7, 11) is 0. The lowest BCUT2D eigenvalue weighted by molar-refractivity contribution is -0.0500. The molecular weight excluding hydrogens is 295 g/mol. The molecule has 0 radical (unpaired) electrons. The SMILES string of the molecule is Cl.OC1CCN(CC(F)(F)c2ccc(Cl)cc2)CC1. The molecule has 1 saturated heterocycles. The predicted molar refractivity (Wildman–Crippen MR) is 74.3 cm³/mol. The number of piperidine rings is 1. The van der Waals surface area contributed by atoms with E-state index in [1.165, 1.54) is 24.3 Å². The van der Waals surface area contributed by atoms with Gasteiger partial charge in [0.1, 0.15) is 0 Å². The third-order valence-corrected chi connectivity index (χ3v) is 3.50. The van der Waals surface area contributed by atoms with Gasteiger partial charge in [0.25, 0.3) is 5.92 Å². The first-order valence-corrected chi connectivity index (χ1v) is 6.39. The minimum absolute atomic E-state index is 0. The number of rotatable bonds is 3. The number of likely N-dealkylation sites (tertiary alicyclic amines) is 1. The van der Waals surface area contributed by atoms with Crippen LogP contribution in [0.5, 0.6) is 0 Å². The fourth-order valence-electron chi connectivity index (χ4n) is 2.14. The van der Waals surface area contributed by atoms with Crippen molar-refractivity contribution in [1.82, 2.24) is 4.90 Å². The number of aliphatic hydroxyl groups excluding tert-OH is 1. The van der Waals surface area contributed by atoms with Gasteiger partial charge in [0.2, 0.25) is 0 Å². The molecule has 0 amide bonds. The van der Waals surface area contributed by atoms with Gasteiger partial charge in [0.05, 0.1) is 12.6 Å². The fourth-order valence-corrected chi connectivity index (χ4v) is 2.27. The highest BCUT2D eigenvalue weighted by Gasteiger charge is 2.34. The molecule has 2 nitrogen and oxygen atoms in total. The molecule has 1 aromatic rings. The first kappa shape index (κ1) is 16.6. The second-order valence-electron chi connectivity index (χ2n) is 4.72. The van der Waals surface area contributed by atoms with Gasteiger partial charge in [-0.25, -0.2) is 0 Å². The molecule has 0 spiro atoms. The van der Waals surface area contributed by atoms with Gasteiger partial charge in [-0.05, 0) is 25.0 Å². The van der Waals surface area contributed by atoms with Crippen LogP contribution in [0.1, 0.15) is 18.4 Å². The Morgan fingerprint density at radius 3 is 2.26 bits per heavy atom. The molecule has 0 unspecified atom stereocenters. The summed E-state index contributed by atoms with van der Waals surface area (Å²) in [4.78, 5) is 1.70. The molecule has 1 aliphatic heterocycles. The third-order valence-electron chi connectivity index (χ3n) is 3.25. The summed E-state index contributed by atoms with van der Waals surface area (Å²) in [6.45, 7) is 0.732. The zero-order chi connectivity index (χ0) is 13.2. The quantitative estimate of drug-likeness (QED) is 0.925. The zero-order valence-corrected chi connectivity index (χ0v) is 11.9. The van der Waals surface area contributed by atoms with Crippen molar-refractivity contribution in [3.05, 3.63) is 34.9 Å². The molecule has 0 saturated carbocycles. The number of halogens is 4. The highest BCUT2D eigenvalue weighted by Crippen LogP contribution is 2.30. The Morgan fingerprint density at radius 2 is 1.74 bits per heavy atom. The summed E-state index contributed by atoms with van der Waals surface area (Å²) in [5, 5.41) is 9.80. The first-order chi connectivity index (χ1) is 8.47. The molecule has 0 aliphatic carbocycles. The summed E-state index contributed by atoms with van der Waals surface area (Å²) in [6.07, 6.45) is 0.790. The molecule has 108 valence electrons. The summed E-state index contributed by atoms with van der Waals surface area (Å²) >= 11 is 5.69. The Balaban J connectivity index is 0.00000180. The van der Waals surface area contributed by atoms with Crippen LogP contribution in [0.4, 0.5) is 8.78 Å². The van der Waals surface area contributed by atoms with Gasteiger partial charge in [0, 0.05) is 23.7 Å². The molecule has 0 aromatic heterocycles. The lowest BCUT2D eigenvalue weighted by Crippen LogP contribution is -2.41. The van der Waals surface area contributed by atoms with Crippen molar-refractivity contribution >= 4 is 24.0 Å². The van der Waals surface area contributed by atoms with Gasteiger partial charge < -0.3 is 5.11 Å². The molecule has 1 aromatic carbocycles. The van der Waals surface area contributed by atoms with Crippen molar-refractivity contribution in [3.63, 3.8) is 0 Å². The van der Waals surface area contributed by atoms with Crippen LogP contribution in [0, 0.1) is 0 Å². The van der Waals surface area contributed by atoms with Gasteiger partial charge in [0.15, 0.2) is 0 Å². The van der Waals surface area contributed by atoms with E-state index in [0.717, 1.165) is 0 Å². The van der Waals surface area contributed by atoms with Crippen molar-refractivity contribution in [2.75, 3.05) is 19.6 Å². The molecule has 6 heteroatoms. The normalized spacial score (nSPS) is 18.1. The van der Waals surface area contributed by atoms with E-state index >= 15 is 0 Å². The average Bonchev–Trinajstić information content (AvgIpc) is 2.32. The first-order valence-electron chi connectivity index (χ1n) is 6.02. The molecular formula is C13H17Cl2F2NO. The summed E-state index contributed by atoms with van der Waals surface area (Å²) in [5.41, 5.74) is -0.0157. The van der Waals surface area contributed by atoms with Crippen LogP contribution in [0.3, 0.4) is 0 Å². The maximum absolute atomic E-state index is 14.0. The Labute approximate surface area is 122 Å². The van der Waals surface area contributed by atoms with Crippen LogP contribution in [0.25, 0.3) is 0 Å². The zero-order valence-electron chi connectivity index (χ0n) is 10.4. The van der Waals surface area contributed by atoms with E-state index in [1.807, 2.05) is 0 Å². The monoisotopic (exact) mass is 311 g/mol. The van der Waals surface area contributed by atoms with Crippen LogP contribution >= 0.6 is 24.0 Å². The van der Waals surface area contributed by atoms with Gasteiger partial charge >= 0.3 is 0 Å². The van der Waals surface area contributed by atoms with E-state index in [-0.39, 0.29) is 30.6 Å². The molecule has 1 fully saturated rings. The van der Waals surface area contributed by atoms with Crippen molar-refractivity contribution < 1.29 is 13.9 Å². The van der Waals surface area contributed by atoms with Crippen LogP contribution in [-0.4, -0.2) is 35.7 Å². The highest BCUT2D eigenvalue weighted by molar-refractivity contribution is 6.30. The van der Waals surface area contributed by atoms with E-state index in [4.69, 9.17) is 11.6 Å². The van der Waals surface area contributed by atoms with Gasteiger partial charge in [-0.2, -0.15) is 8.78 Å². The topological polar surface area (TPSA) is 23.5 Å². The minimum atomic E-state index is -2.88. The Kier molecular flexibility index (Phi) is 5.99. The molecule has 2 rings (SSSR count). The third kappa shape index (κ3) is 4.56. The maximum Gasteiger partial charge on any atom is 0.285 e. The van der Waals surface area contributed by atoms with Gasteiger partial charge in [-0.3, -0.25) is 4.90 Å². The number of alkyl halides is 2. The van der Waals surface area contributed by atoms with E-state index in [2.05, 4.69) is 0 Å². The minimum Gasteiger partial charge on any atom is -0.393 e. The van der Waals surface area contributed by atoms with E-state index in [9.17, 15) is 13.9 Å². The largest absolute Gasteiger partial charge is 0.393 e. The smallest absolute Gasteiger partial charge is 0.285 e. The van der Waals surface area contributed by atoms with Crippen molar-refractivity contribution in [1.29, 1.82) is 0 Å². The van der Waals surface area contributed by atoms with Crippen molar-refractivity contribution in [2.45, 2.75) is 24.9 Å². The number of benzene rings is 1. The second kappa shape index (κ2) is 6.84. The van der Waals surface area contributed by atoms with Crippen molar-refractivity contribution in [3.8, 4) is 0 Å². The van der Waals surface area contributed by atoms with E-state index in [1.54, 1.807) is 4.90 Å². The Hall–Kier alpha value is -0.420. The number of aliphatic hydroxyl groups is 1. The number of hydrogen-bond donors (Lipinski definition) is 1. The van der Waals surface area contributed by atoms with E-state index in [0.29, 0.717) is 31.0 Å². The fraction of sp³-hybridized carbons (Fsp3) is 0.538. The van der Waals surface area contributed by atoms with Crippen LogP contribution in [0.15, 0.2) is 24.3 Å². The van der Waals surface area contributed by atoms with Crippen LogP contribution < -0.4 is 0 Å². The molecule has 19 heavy (non-hydrogen) atoms. The highest BCUT2D eigenvalue weighted by atomic mass is 35.5. The molecule has 1 heterocycles. The Morgan fingerprint density at radius 1 is 1.21 bits per heavy atom. The molecule has 1 N–H and O–H groups in total. The van der Waals surface area contributed by atoms with E-state index < -0.39 is 5.92 Å². The molecule has 0 atom stereocenters. The summed E-state index contributed by atoms with van der Waals surface area (Å²) < 4.78 is 28.0. The second-order valence-corrected chi connectivity index (χ2v) is 5.16. The van der Waals surface area contributed by atoms with Gasteiger partial charge in [-0.1, -0.05) is 23.7 Å². The lowest BCUT2D eigenvalue weighted by atomic mass is 10.0. The standard InChI is InChI=1S/C13H16ClF2NO.ClH/c14-11-3-1-10(2-4-11)13(15,16)9-17-7-5-12(18)6-8-17;/h1-4,12,18H,5-9H2;1H. The van der Waals surface area contributed by atoms with Crippen LogP contribution in [0.2, 0.25) is 5.02 Å². The Bertz CT molecular complexity index is 392. The lowest BCUT2D eigenvalue weighted by Gasteiger charge is -2.32. The van der Waals surface area contributed by atoms with Gasteiger partial charge in [-0.15, -0.1) is 12.4 Å². The average molecular weight is 312 g/mol.